The lowest BCUT2D eigenvalue weighted by Crippen LogP contribution is -2.05. The summed E-state index contributed by atoms with van der Waals surface area (Å²) in [7, 11) is 0. The van der Waals surface area contributed by atoms with Gasteiger partial charge in [0.1, 0.15) is 0 Å². The fraction of sp³-hybridized carbons (Fsp3) is 0.667. The maximum Gasteiger partial charge on any atom is 0.0400 e. The van der Waals surface area contributed by atoms with Crippen molar-refractivity contribution in [3.8, 4) is 0 Å². The Balaban J connectivity index is 2.87. The molecule has 0 bridgehead atoms. The predicted molar refractivity (Wildman–Crippen MR) is 59.9 cm³/mol. The quantitative estimate of drug-likeness (QED) is 0.613. The van der Waals surface area contributed by atoms with Crippen LogP contribution in [0, 0.1) is 11.8 Å². The molecule has 0 saturated carbocycles. The third-order valence-electron chi connectivity index (χ3n) is 2.74. The zero-order valence-corrected chi connectivity index (χ0v) is 9.78. The van der Waals surface area contributed by atoms with E-state index in [9.17, 15) is 0 Å². The van der Waals surface area contributed by atoms with E-state index >= 15 is 0 Å². The fourth-order valence-electron chi connectivity index (χ4n) is 1.75. The summed E-state index contributed by atoms with van der Waals surface area (Å²) in [5.41, 5.74) is 2.92. The van der Waals surface area contributed by atoms with E-state index in [0.717, 1.165) is 11.5 Å². The Morgan fingerprint density at radius 3 is 2.08 bits per heavy atom. The first-order valence-electron chi connectivity index (χ1n) is 5.11. The number of allylic oxidation sites excluding steroid dienone is 4. The molecule has 1 aliphatic rings. The van der Waals surface area contributed by atoms with Crippen LogP contribution in [0.2, 0.25) is 0 Å². The average molecular weight is 199 g/mol. The molecule has 0 radical (unpaired) electrons. The lowest BCUT2D eigenvalue weighted by Gasteiger charge is -2.21. The molecule has 0 amide bonds. The first kappa shape index (κ1) is 10.8. The van der Waals surface area contributed by atoms with Crippen molar-refractivity contribution in [3.05, 3.63) is 22.3 Å². The van der Waals surface area contributed by atoms with Crippen LogP contribution in [0.15, 0.2) is 22.3 Å². The van der Waals surface area contributed by atoms with Gasteiger partial charge in [0, 0.05) is 5.03 Å². The Hall–Kier alpha value is -0.230. The molecule has 0 aromatic carbocycles. The van der Waals surface area contributed by atoms with E-state index in [4.69, 9.17) is 11.6 Å². The van der Waals surface area contributed by atoms with Gasteiger partial charge in [0.25, 0.3) is 0 Å². The van der Waals surface area contributed by atoms with Gasteiger partial charge in [0.05, 0.1) is 0 Å². The molecule has 1 heteroatoms. The van der Waals surface area contributed by atoms with Crippen LogP contribution in [0.5, 0.6) is 0 Å². The van der Waals surface area contributed by atoms with E-state index in [-0.39, 0.29) is 0 Å². The van der Waals surface area contributed by atoms with Gasteiger partial charge in [-0.25, -0.2) is 0 Å². The molecule has 1 rings (SSSR count). The van der Waals surface area contributed by atoms with Crippen LogP contribution < -0.4 is 0 Å². The Morgan fingerprint density at radius 1 is 1.08 bits per heavy atom. The van der Waals surface area contributed by atoms with Crippen LogP contribution in [0.25, 0.3) is 0 Å². The highest BCUT2D eigenvalue weighted by Gasteiger charge is 2.15. The monoisotopic (exact) mass is 198 g/mol. The van der Waals surface area contributed by atoms with E-state index in [1.54, 1.807) is 0 Å². The van der Waals surface area contributed by atoms with Gasteiger partial charge in [-0.2, -0.15) is 0 Å². The second-order valence-corrected chi connectivity index (χ2v) is 4.81. The van der Waals surface area contributed by atoms with Gasteiger partial charge >= 0.3 is 0 Å². The highest BCUT2D eigenvalue weighted by molar-refractivity contribution is 6.31. The van der Waals surface area contributed by atoms with Crippen LogP contribution in [-0.4, -0.2) is 0 Å². The maximum atomic E-state index is 6.22. The third-order valence-corrected chi connectivity index (χ3v) is 3.09. The second-order valence-electron chi connectivity index (χ2n) is 4.40. The molecular formula is C12H19Cl. The molecule has 0 aliphatic heterocycles. The van der Waals surface area contributed by atoms with Crippen molar-refractivity contribution in [2.75, 3.05) is 0 Å². The summed E-state index contributed by atoms with van der Waals surface area (Å²) in [6.07, 6.45) is 4.52. The summed E-state index contributed by atoms with van der Waals surface area (Å²) < 4.78 is 0. The fourth-order valence-corrected chi connectivity index (χ4v) is 2.20. The summed E-state index contributed by atoms with van der Waals surface area (Å²) in [5, 5.41) is 0.991. The highest BCUT2D eigenvalue weighted by Crippen LogP contribution is 2.33. The highest BCUT2D eigenvalue weighted by atomic mass is 35.5. The molecule has 0 N–H and O–H groups in total. The van der Waals surface area contributed by atoms with E-state index in [1.165, 1.54) is 17.6 Å². The van der Waals surface area contributed by atoms with Gasteiger partial charge in [-0.1, -0.05) is 44.9 Å². The van der Waals surface area contributed by atoms with E-state index in [1.807, 2.05) is 0 Å². The molecule has 0 spiro atoms. The topological polar surface area (TPSA) is 0 Å². The summed E-state index contributed by atoms with van der Waals surface area (Å²) in [6.45, 7) is 8.89. The normalized spacial score (nSPS) is 18.5. The molecule has 0 fully saturated rings. The maximum absolute atomic E-state index is 6.22. The number of rotatable bonds is 2. The minimum absolute atomic E-state index is 0.595. The molecular weight excluding hydrogens is 180 g/mol. The van der Waals surface area contributed by atoms with Gasteiger partial charge < -0.3 is 0 Å². The molecule has 74 valence electrons. The largest absolute Gasteiger partial charge is 0.0844 e. The molecule has 0 nitrogen and oxygen atoms in total. The smallest absolute Gasteiger partial charge is 0.0400 e. The van der Waals surface area contributed by atoms with Crippen LogP contribution >= 0.6 is 11.6 Å². The Morgan fingerprint density at radius 2 is 1.69 bits per heavy atom. The van der Waals surface area contributed by atoms with Crippen molar-refractivity contribution in [1.82, 2.24) is 0 Å². The lowest BCUT2D eigenvalue weighted by molar-refractivity contribution is 0.649. The Bertz CT molecular complexity index is 244. The molecule has 0 aromatic rings. The summed E-state index contributed by atoms with van der Waals surface area (Å²) >= 11 is 6.22. The molecule has 0 heterocycles. The van der Waals surface area contributed by atoms with Crippen molar-refractivity contribution >= 4 is 11.6 Å². The van der Waals surface area contributed by atoms with Gasteiger partial charge in [0.15, 0.2) is 0 Å². The first-order chi connectivity index (χ1) is 6.02. The van der Waals surface area contributed by atoms with Crippen molar-refractivity contribution in [1.29, 1.82) is 0 Å². The predicted octanol–water partition coefficient (Wildman–Crippen LogP) is 4.51. The Labute approximate surface area is 86.7 Å². The number of hydrogen-bond donors (Lipinski definition) is 0. The molecule has 1 aliphatic carbocycles. The van der Waals surface area contributed by atoms with E-state index < -0.39 is 0 Å². The van der Waals surface area contributed by atoms with Gasteiger partial charge in [-0.3, -0.25) is 0 Å². The van der Waals surface area contributed by atoms with Crippen molar-refractivity contribution in [2.45, 2.75) is 40.5 Å². The van der Waals surface area contributed by atoms with E-state index in [0.29, 0.717) is 11.8 Å². The first-order valence-corrected chi connectivity index (χ1v) is 5.49. The molecule has 0 unspecified atom stereocenters. The van der Waals surface area contributed by atoms with Crippen molar-refractivity contribution < 1.29 is 0 Å². The zero-order chi connectivity index (χ0) is 10.0. The van der Waals surface area contributed by atoms with Gasteiger partial charge in [-0.15, -0.1) is 0 Å². The van der Waals surface area contributed by atoms with Crippen LogP contribution in [0.4, 0.5) is 0 Å². The summed E-state index contributed by atoms with van der Waals surface area (Å²) in [4.78, 5) is 0. The number of halogens is 1. The minimum atomic E-state index is 0.595. The minimum Gasteiger partial charge on any atom is -0.0844 e. The van der Waals surface area contributed by atoms with Crippen LogP contribution in [0.3, 0.4) is 0 Å². The van der Waals surface area contributed by atoms with Crippen LogP contribution in [0.1, 0.15) is 40.5 Å². The third kappa shape index (κ3) is 2.60. The Kier molecular flexibility index (Phi) is 3.61. The molecule has 0 aromatic heterocycles. The lowest BCUT2D eigenvalue weighted by atomic mass is 9.87. The SMILES string of the molecule is CC(C)C1=CC(Cl)=C(C(C)C)CC1. The van der Waals surface area contributed by atoms with Crippen LogP contribution in [-0.2, 0) is 0 Å². The van der Waals surface area contributed by atoms with E-state index in [2.05, 4.69) is 33.8 Å². The molecule has 0 atom stereocenters. The molecule has 0 saturated heterocycles. The summed E-state index contributed by atoms with van der Waals surface area (Å²) in [6, 6.07) is 0. The molecule has 13 heavy (non-hydrogen) atoms. The van der Waals surface area contributed by atoms with Crippen molar-refractivity contribution in [3.63, 3.8) is 0 Å². The number of hydrogen-bond acceptors (Lipinski definition) is 0. The van der Waals surface area contributed by atoms with Gasteiger partial charge in [-0.05, 0) is 36.3 Å². The van der Waals surface area contributed by atoms with Crippen molar-refractivity contribution in [2.24, 2.45) is 11.8 Å². The van der Waals surface area contributed by atoms with Gasteiger partial charge in [0.2, 0.25) is 0 Å². The average Bonchev–Trinajstić information content (AvgIpc) is 2.03. The second kappa shape index (κ2) is 4.32. The zero-order valence-electron chi connectivity index (χ0n) is 9.02. The summed E-state index contributed by atoms with van der Waals surface area (Å²) in [5.74, 6) is 1.24. The standard InChI is InChI=1S/C12H19Cl/c1-8(2)10-5-6-11(9(3)4)12(13)7-10/h7-9H,5-6H2,1-4H3.